The van der Waals surface area contributed by atoms with Gasteiger partial charge in [-0.1, -0.05) is 0 Å². The van der Waals surface area contributed by atoms with Gasteiger partial charge in [-0.15, -0.1) is 16.8 Å². The maximum Gasteiger partial charge on any atom is 0.296 e. The lowest BCUT2D eigenvalue weighted by molar-refractivity contribution is -0.121. The lowest BCUT2D eigenvalue weighted by Gasteiger charge is -2.26. The van der Waals surface area contributed by atoms with Crippen LogP contribution < -0.4 is 10.1 Å². The molecule has 6 nitrogen and oxygen atoms in total. The Morgan fingerprint density at radius 1 is 1.54 bits per heavy atom. The molecule has 0 atom stereocenters. The number of halogens is 1. The molecule has 1 rings (SSSR count). The van der Waals surface area contributed by atoms with E-state index in [1.54, 1.807) is 0 Å². The van der Waals surface area contributed by atoms with Crippen molar-refractivity contribution in [3.05, 3.63) is 0 Å². The molecule has 1 amide bonds. The third-order valence-corrected chi connectivity index (χ3v) is 2.82. The molecule has 0 radical (unpaired) electrons. The molecule has 78 valence electrons. The molecule has 1 aliphatic rings. The first-order valence-electron chi connectivity index (χ1n) is 3.57. The van der Waals surface area contributed by atoms with Crippen molar-refractivity contribution in [3.8, 4) is 0 Å². The zero-order valence-corrected chi connectivity index (χ0v) is 8.74. The minimum Gasteiger partial charge on any atom is -0.275 e. The summed E-state index contributed by atoms with van der Waals surface area (Å²) >= 11 is 0. The molecule has 0 bridgehead atoms. The second kappa shape index (κ2) is 4.75. The van der Waals surface area contributed by atoms with Gasteiger partial charge in [0.15, 0.2) is 0 Å². The van der Waals surface area contributed by atoms with Crippen LogP contribution in [0.1, 0.15) is 13.3 Å². The number of rotatable bonds is 1. The number of hydrazine groups is 1. The van der Waals surface area contributed by atoms with Crippen LogP contribution in [-0.2, 0) is 15.0 Å². The molecule has 1 fully saturated rings. The summed E-state index contributed by atoms with van der Waals surface area (Å²) in [5.41, 5.74) is 2.22. The average molecular weight is 230 g/mol. The highest BCUT2D eigenvalue weighted by atomic mass is 35.5. The highest BCUT2D eigenvalue weighted by Gasteiger charge is 2.25. The standard InChI is InChI=1S/C5H11N3O3S.ClH/c1-5(9)7-8-4-2-3-6-12(8,10)11;/h6H,2-4H2,1H3,(H,7,9);1H. The summed E-state index contributed by atoms with van der Waals surface area (Å²) in [4.78, 5) is 10.6. The van der Waals surface area contributed by atoms with Gasteiger partial charge in [-0.25, -0.2) is 4.72 Å². The van der Waals surface area contributed by atoms with Crippen molar-refractivity contribution in [1.29, 1.82) is 0 Å². The summed E-state index contributed by atoms with van der Waals surface area (Å²) in [7, 11) is -3.47. The molecule has 0 aromatic heterocycles. The molecule has 0 aromatic rings. The van der Waals surface area contributed by atoms with Crippen LogP contribution in [0, 0.1) is 0 Å². The first-order chi connectivity index (χ1) is 5.52. The van der Waals surface area contributed by atoms with E-state index in [9.17, 15) is 13.2 Å². The van der Waals surface area contributed by atoms with Crippen molar-refractivity contribution in [1.82, 2.24) is 14.6 Å². The maximum absolute atomic E-state index is 11.1. The highest BCUT2D eigenvalue weighted by molar-refractivity contribution is 7.87. The number of amides is 1. The van der Waals surface area contributed by atoms with Gasteiger partial charge in [0, 0.05) is 20.0 Å². The number of hydrogen-bond acceptors (Lipinski definition) is 3. The zero-order chi connectivity index (χ0) is 9.19. The SMILES string of the molecule is CC(=O)NN1CCCNS1(=O)=O.Cl. The van der Waals surface area contributed by atoms with Gasteiger partial charge in [0.2, 0.25) is 5.91 Å². The topological polar surface area (TPSA) is 78.5 Å². The molecule has 13 heavy (non-hydrogen) atoms. The Bertz CT molecular complexity index is 279. The van der Waals surface area contributed by atoms with Crippen LogP contribution in [0.2, 0.25) is 0 Å². The van der Waals surface area contributed by atoms with Gasteiger partial charge in [0.25, 0.3) is 10.2 Å². The lowest BCUT2D eigenvalue weighted by atomic mass is 10.4. The molecule has 0 aromatic carbocycles. The van der Waals surface area contributed by atoms with Gasteiger partial charge in [-0.2, -0.15) is 8.42 Å². The van der Waals surface area contributed by atoms with Crippen LogP contribution in [0.5, 0.6) is 0 Å². The van der Waals surface area contributed by atoms with Gasteiger partial charge >= 0.3 is 0 Å². The molecule has 0 saturated carbocycles. The first kappa shape index (κ1) is 12.6. The summed E-state index contributed by atoms with van der Waals surface area (Å²) < 4.78 is 25.4. The van der Waals surface area contributed by atoms with Gasteiger partial charge in [0.05, 0.1) is 0 Å². The normalized spacial score (nSPS) is 21.6. The highest BCUT2D eigenvalue weighted by Crippen LogP contribution is 2.00. The first-order valence-corrected chi connectivity index (χ1v) is 5.01. The fourth-order valence-electron chi connectivity index (χ4n) is 0.914. The Balaban J connectivity index is 0.00000144. The van der Waals surface area contributed by atoms with E-state index in [1.165, 1.54) is 6.92 Å². The quantitative estimate of drug-likeness (QED) is 0.606. The summed E-state index contributed by atoms with van der Waals surface area (Å²) in [6.45, 7) is 2.03. The second-order valence-corrected chi connectivity index (χ2v) is 4.17. The van der Waals surface area contributed by atoms with Crippen LogP contribution in [0.15, 0.2) is 0 Å². The van der Waals surface area contributed by atoms with Crippen molar-refractivity contribution in [2.75, 3.05) is 13.1 Å². The largest absolute Gasteiger partial charge is 0.296 e. The number of hydrogen-bond donors (Lipinski definition) is 2. The van der Waals surface area contributed by atoms with Gasteiger partial charge in [-0.05, 0) is 6.42 Å². The Morgan fingerprint density at radius 3 is 2.62 bits per heavy atom. The molecule has 0 aliphatic carbocycles. The van der Waals surface area contributed by atoms with Crippen molar-refractivity contribution < 1.29 is 13.2 Å². The fraction of sp³-hybridized carbons (Fsp3) is 0.800. The third kappa shape index (κ3) is 3.47. The van der Waals surface area contributed by atoms with E-state index >= 15 is 0 Å². The molecule has 8 heteroatoms. The number of nitrogens with one attached hydrogen (secondary N) is 2. The van der Waals surface area contributed by atoms with E-state index in [0.29, 0.717) is 19.5 Å². The van der Waals surface area contributed by atoms with Gasteiger partial charge < -0.3 is 0 Å². The molecule has 0 unspecified atom stereocenters. The monoisotopic (exact) mass is 229 g/mol. The minimum atomic E-state index is -3.47. The van der Waals surface area contributed by atoms with Crippen LogP contribution in [0.4, 0.5) is 0 Å². The van der Waals surface area contributed by atoms with Gasteiger partial charge in [-0.3, -0.25) is 10.2 Å². The smallest absolute Gasteiger partial charge is 0.275 e. The summed E-state index contributed by atoms with van der Waals surface area (Å²) in [6.07, 6.45) is 0.694. The van der Waals surface area contributed by atoms with E-state index in [2.05, 4.69) is 10.1 Å². The van der Waals surface area contributed by atoms with Gasteiger partial charge in [0.1, 0.15) is 0 Å². The minimum absolute atomic E-state index is 0. The molecular formula is C5H12ClN3O3S. The summed E-state index contributed by atoms with van der Waals surface area (Å²) in [5, 5.41) is 0. The van der Waals surface area contributed by atoms with Crippen molar-refractivity contribution in [2.45, 2.75) is 13.3 Å². The lowest BCUT2D eigenvalue weighted by Crippen LogP contribution is -2.54. The molecule has 0 spiro atoms. The third-order valence-electron chi connectivity index (χ3n) is 1.39. The van der Waals surface area contributed by atoms with Crippen LogP contribution in [0.25, 0.3) is 0 Å². The van der Waals surface area contributed by atoms with Crippen molar-refractivity contribution >= 4 is 28.5 Å². The van der Waals surface area contributed by atoms with Crippen molar-refractivity contribution in [3.63, 3.8) is 0 Å². The average Bonchev–Trinajstić information content (AvgIpc) is 1.92. The summed E-state index contributed by atoms with van der Waals surface area (Å²) in [6, 6.07) is 0. The summed E-state index contributed by atoms with van der Waals surface area (Å²) in [5.74, 6) is -0.387. The zero-order valence-electron chi connectivity index (χ0n) is 7.11. The van der Waals surface area contributed by atoms with E-state index in [1.807, 2.05) is 0 Å². The predicted octanol–water partition coefficient (Wildman–Crippen LogP) is -1.00. The van der Waals surface area contributed by atoms with Crippen LogP contribution >= 0.6 is 12.4 Å². The van der Waals surface area contributed by atoms with E-state index in [-0.39, 0.29) is 18.3 Å². The second-order valence-electron chi connectivity index (χ2n) is 2.49. The number of carbonyl (C=O) groups excluding carboxylic acids is 1. The van der Waals surface area contributed by atoms with Crippen LogP contribution in [0.3, 0.4) is 0 Å². The maximum atomic E-state index is 11.1. The predicted molar refractivity (Wildman–Crippen MR) is 49.3 cm³/mol. The molecule has 2 N–H and O–H groups in total. The Hall–Kier alpha value is -0.370. The number of nitrogens with zero attached hydrogens (tertiary/aromatic N) is 1. The Labute approximate surface area is 83.2 Å². The van der Waals surface area contributed by atoms with E-state index in [0.717, 1.165) is 4.41 Å². The van der Waals surface area contributed by atoms with Crippen molar-refractivity contribution in [2.24, 2.45) is 0 Å². The van der Waals surface area contributed by atoms with E-state index < -0.39 is 10.2 Å². The molecule has 1 aliphatic heterocycles. The molecule has 1 heterocycles. The number of carbonyl (C=O) groups is 1. The molecular weight excluding hydrogens is 218 g/mol. The Kier molecular flexibility index (Phi) is 4.62. The van der Waals surface area contributed by atoms with Crippen LogP contribution in [-0.4, -0.2) is 31.8 Å². The fourth-order valence-corrected chi connectivity index (χ4v) is 2.09. The Morgan fingerprint density at radius 2 is 2.15 bits per heavy atom. The molecule has 1 saturated heterocycles. The van der Waals surface area contributed by atoms with E-state index in [4.69, 9.17) is 0 Å².